The Labute approximate surface area is 547 Å². The average molecular weight is 1300 g/mol. The lowest BCUT2D eigenvalue weighted by Crippen LogP contribution is -2.40. The Kier molecular flexibility index (Phi) is 16.6. The van der Waals surface area contributed by atoms with E-state index in [2.05, 4.69) is 23.8 Å². The molecule has 4 aromatic carbocycles. The fourth-order valence-electron chi connectivity index (χ4n) is 12.9. The molecule has 17 nitrogen and oxygen atoms in total. The van der Waals surface area contributed by atoms with Crippen molar-refractivity contribution in [2.75, 3.05) is 65.9 Å². The van der Waals surface area contributed by atoms with Gasteiger partial charge in [0, 0.05) is 145 Å². The van der Waals surface area contributed by atoms with Gasteiger partial charge in [0.15, 0.2) is 0 Å². The second-order valence-corrected chi connectivity index (χ2v) is 25.4. The summed E-state index contributed by atoms with van der Waals surface area (Å²) in [7, 11) is 1.88. The zero-order valence-electron chi connectivity index (χ0n) is 51.6. The molecule has 474 valence electrons. The number of hydrogen-bond donors (Lipinski definition) is 0. The molecule has 4 aliphatic heterocycles. The molecule has 11 aromatic rings. The van der Waals surface area contributed by atoms with E-state index in [0.717, 1.165) is 82.6 Å². The standard InChI is InChI=1S/C73H63F2N9O8S2/c1-4-64(85)83-22-23-84-58(43(83)2)38-57(80-84)71-67-51-17-14-48(75)36-62(51)92-31-29-88-25-8-10-27-90-63-39-59-44(41-77-81(59)3)34-54(63)70(79-71)55-37-49(94-73(55)67)15-18-65(86)82-21-19-56-46(42-82)33-45(40-76-56)68-66-50-16-13-47(74)35-61(50)91-30-28-87-24-7-9-26-89-60-12-6-5-11-52(60)69(78-68)53-20-32-93-72(53)66/h4-6,8,10-18,20,32-41,43H,1,7,9,19,21-31,42H2,2-3H3/b10-8+,18-15+/t43-/m1/s1. The van der Waals surface area contributed by atoms with Crippen molar-refractivity contribution in [3.05, 3.63) is 179 Å². The molecule has 11 heterocycles. The molecule has 2 amide bonds. The number of hydrogen-bond acceptors (Lipinski definition) is 15. The number of thiophene rings is 2. The van der Waals surface area contributed by atoms with Gasteiger partial charge in [-0.2, -0.15) is 10.2 Å². The summed E-state index contributed by atoms with van der Waals surface area (Å²) in [5.41, 5.74) is 11.2. The third kappa shape index (κ3) is 11.6. The van der Waals surface area contributed by atoms with E-state index in [4.69, 9.17) is 48.5 Å². The van der Waals surface area contributed by atoms with Crippen LogP contribution in [0, 0.1) is 11.6 Å². The average Bonchev–Trinajstić information content (AvgIpc) is 1.38. The second kappa shape index (κ2) is 25.9. The number of carbonyl (C=O) groups is 2. The molecule has 94 heavy (non-hydrogen) atoms. The minimum Gasteiger partial charge on any atom is -0.493 e. The first-order valence-corrected chi connectivity index (χ1v) is 33.0. The molecule has 0 saturated heterocycles. The van der Waals surface area contributed by atoms with Gasteiger partial charge in [0.1, 0.15) is 65.8 Å². The van der Waals surface area contributed by atoms with Crippen molar-refractivity contribution in [1.29, 1.82) is 0 Å². The minimum absolute atomic E-state index is 0.122. The summed E-state index contributed by atoms with van der Waals surface area (Å²) in [4.78, 5) is 48.6. The molecule has 0 fully saturated rings. The largest absolute Gasteiger partial charge is 0.493 e. The SMILES string of the molecule is C=CC(=O)N1CCn2nc(-c3nc4c5cc(/C=C/C(=O)N6CCc7ncc(-c8nc9c%10ccsc%10c8-c8ccc(F)cc8OCCOCCCCOc8ccccc8-9)cc7C6)sc5c3-c3ccc(F)cc3OCCOC/C=C/COc3cc5c(cnn5C)cc3-4)cc2[C@H]1C. The highest BCUT2D eigenvalue weighted by atomic mass is 32.1. The fourth-order valence-corrected chi connectivity index (χ4v) is 15.0. The summed E-state index contributed by atoms with van der Waals surface area (Å²) in [6.07, 6.45) is 14.3. The number of amides is 2. The van der Waals surface area contributed by atoms with E-state index < -0.39 is 11.6 Å². The monoisotopic (exact) mass is 1300 g/mol. The normalized spacial score (nSPS) is 16.6. The summed E-state index contributed by atoms with van der Waals surface area (Å²) >= 11 is 3.02. The van der Waals surface area contributed by atoms with Crippen LogP contribution in [0.5, 0.6) is 23.0 Å². The lowest BCUT2D eigenvalue weighted by Gasteiger charge is -2.33. The summed E-state index contributed by atoms with van der Waals surface area (Å²) in [5, 5.41) is 14.4. The lowest BCUT2D eigenvalue weighted by molar-refractivity contribution is -0.129. The van der Waals surface area contributed by atoms with Crippen molar-refractivity contribution in [2.45, 2.75) is 45.3 Å². The van der Waals surface area contributed by atoms with E-state index in [0.29, 0.717) is 120 Å². The van der Waals surface area contributed by atoms with Crippen LogP contribution in [0.2, 0.25) is 0 Å². The van der Waals surface area contributed by atoms with Gasteiger partial charge < -0.3 is 38.2 Å². The maximum absolute atomic E-state index is 15.6. The van der Waals surface area contributed by atoms with E-state index in [-0.39, 0.29) is 56.6 Å². The Balaban J connectivity index is 0.846. The molecule has 7 aromatic heterocycles. The molecule has 0 spiro atoms. The highest BCUT2D eigenvalue weighted by molar-refractivity contribution is 7.20. The van der Waals surface area contributed by atoms with Crippen LogP contribution in [0.15, 0.2) is 146 Å². The van der Waals surface area contributed by atoms with Crippen molar-refractivity contribution in [3.63, 3.8) is 0 Å². The number of pyridine rings is 3. The lowest BCUT2D eigenvalue weighted by atomic mass is 9.94. The molecule has 4 bridgehead atoms. The van der Waals surface area contributed by atoms with Crippen LogP contribution in [0.1, 0.15) is 47.6 Å². The Morgan fingerprint density at radius 3 is 2.24 bits per heavy atom. The first-order chi connectivity index (χ1) is 46.0. The summed E-state index contributed by atoms with van der Waals surface area (Å²) in [5.74, 6) is 0.589. The summed E-state index contributed by atoms with van der Waals surface area (Å²) in [6, 6.07) is 28.8. The van der Waals surface area contributed by atoms with E-state index in [1.165, 1.54) is 41.7 Å². The highest BCUT2D eigenvalue weighted by Crippen LogP contribution is 2.51. The summed E-state index contributed by atoms with van der Waals surface area (Å²) < 4.78 is 74.1. The number of ether oxygens (including phenoxy) is 6. The van der Waals surface area contributed by atoms with Crippen molar-refractivity contribution in [3.8, 4) is 90.4 Å². The molecule has 0 aliphatic carbocycles. The number of rotatable bonds is 5. The zero-order chi connectivity index (χ0) is 64.0. The number of aromatic nitrogens is 7. The van der Waals surface area contributed by atoms with Crippen LogP contribution in [-0.2, 0) is 45.6 Å². The van der Waals surface area contributed by atoms with E-state index in [9.17, 15) is 9.59 Å². The second-order valence-electron chi connectivity index (χ2n) is 23.4. The van der Waals surface area contributed by atoms with Gasteiger partial charge in [-0.1, -0.05) is 24.8 Å². The Morgan fingerprint density at radius 1 is 0.670 bits per heavy atom. The minimum atomic E-state index is -0.489. The van der Waals surface area contributed by atoms with Crippen LogP contribution >= 0.6 is 22.7 Å². The third-order valence-electron chi connectivity index (χ3n) is 17.6. The molecular formula is C73H63F2N9O8S2. The predicted molar refractivity (Wildman–Crippen MR) is 360 cm³/mol. The van der Waals surface area contributed by atoms with Crippen molar-refractivity contribution < 1.29 is 46.8 Å². The van der Waals surface area contributed by atoms with Crippen molar-refractivity contribution in [1.82, 2.24) is 44.3 Å². The number of aryl methyl sites for hydroxylation is 1. The molecule has 0 radical (unpaired) electrons. The topological polar surface area (TPSA) is 170 Å². The number of benzene rings is 4. The van der Waals surface area contributed by atoms with Crippen molar-refractivity contribution in [2.24, 2.45) is 7.05 Å². The highest BCUT2D eigenvalue weighted by Gasteiger charge is 2.33. The van der Waals surface area contributed by atoms with Gasteiger partial charge in [-0.3, -0.25) is 23.9 Å². The van der Waals surface area contributed by atoms with Crippen LogP contribution in [-0.4, -0.2) is 122 Å². The van der Waals surface area contributed by atoms with E-state index in [1.807, 2.05) is 102 Å². The third-order valence-corrected chi connectivity index (χ3v) is 19.6. The maximum atomic E-state index is 15.6. The van der Waals surface area contributed by atoms with Crippen molar-refractivity contribution >= 4 is 71.6 Å². The molecule has 0 saturated carbocycles. The molecule has 1 atom stereocenters. The molecular weight excluding hydrogens is 1230 g/mol. The van der Waals surface area contributed by atoms with Crippen LogP contribution in [0.4, 0.5) is 8.78 Å². The van der Waals surface area contributed by atoms with E-state index in [1.54, 1.807) is 45.3 Å². The smallest absolute Gasteiger partial charge is 0.246 e. The van der Waals surface area contributed by atoms with Gasteiger partial charge in [0.25, 0.3) is 0 Å². The molecule has 21 heteroatoms. The van der Waals surface area contributed by atoms with Gasteiger partial charge in [0.2, 0.25) is 11.8 Å². The predicted octanol–water partition coefficient (Wildman–Crippen LogP) is 14.3. The van der Waals surface area contributed by atoms with Crippen LogP contribution < -0.4 is 18.9 Å². The van der Waals surface area contributed by atoms with Crippen LogP contribution in [0.25, 0.3) is 105 Å². The Bertz CT molecular complexity index is 4880. The van der Waals surface area contributed by atoms with E-state index >= 15 is 8.78 Å². The first-order valence-electron chi connectivity index (χ1n) is 31.4. The molecule has 4 aliphatic rings. The maximum Gasteiger partial charge on any atom is 0.246 e. The van der Waals surface area contributed by atoms with Gasteiger partial charge in [-0.05, 0) is 116 Å². The van der Waals surface area contributed by atoms with Gasteiger partial charge >= 0.3 is 0 Å². The summed E-state index contributed by atoms with van der Waals surface area (Å²) in [6.45, 7) is 9.70. The Hall–Kier alpha value is -9.93. The number of para-hydroxylation sites is 1. The Morgan fingerprint density at radius 2 is 1.41 bits per heavy atom. The zero-order valence-corrected chi connectivity index (χ0v) is 53.2. The number of nitrogens with zero attached hydrogens (tertiary/aromatic N) is 9. The van der Waals surface area contributed by atoms with Crippen LogP contribution in [0.3, 0.4) is 0 Å². The molecule has 0 unspecified atom stereocenters. The quantitative estimate of drug-likeness (QED) is 0.118. The fraction of sp³-hybridized carbons (Fsp3) is 0.247. The van der Waals surface area contributed by atoms with Gasteiger partial charge in [0.05, 0.1) is 73.5 Å². The number of carbonyl (C=O) groups excluding carboxylic acids is 2. The first kappa shape index (κ1) is 60.3. The van der Waals surface area contributed by atoms with Gasteiger partial charge in [-0.25, -0.2) is 18.7 Å². The number of fused-ring (bicyclic) bond motifs is 11. The number of halogens is 2. The van der Waals surface area contributed by atoms with Gasteiger partial charge in [-0.15, -0.1) is 22.7 Å². The molecule has 15 rings (SSSR count). The molecule has 0 N–H and O–H groups in total.